The van der Waals surface area contributed by atoms with Gasteiger partial charge in [-0.25, -0.2) is 17.2 Å². The molecule has 0 N–H and O–H groups in total. The molecular formula is C14H18F2O3S. The van der Waals surface area contributed by atoms with E-state index in [1.165, 1.54) is 6.92 Å². The largest absolute Gasteiger partial charge is 0.293 e. The summed E-state index contributed by atoms with van der Waals surface area (Å²) in [7, 11) is -3.61. The predicted molar refractivity (Wildman–Crippen MR) is 73.4 cm³/mol. The van der Waals surface area contributed by atoms with Crippen molar-refractivity contribution in [2.45, 2.75) is 32.4 Å². The van der Waals surface area contributed by atoms with Gasteiger partial charge in [-0.3, -0.25) is 4.79 Å². The van der Waals surface area contributed by atoms with Gasteiger partial charge in [0.05, 0.1) is 5.75 Å². The predicted octanol–water partition coefficient (Wildman–Crippen LogP) is 3.00. The Morgan fingerprint density at radius 3 is 2.30 bits per heavy atom. The number of hydrogen-bond donors (Lipinski definition) is 0. The van der Waals surface area contributed by atoms with Crippen LogP contribution < -0.4 is 0 Å². The zero-order valence-electron chi connectivity index (χ0n) is 11.7. The van der Waals surface area contributed by atoms with Crippen LogP contribution in [0, 0.1) is 17.6 Å². The van der Waals surface area contributed by atoms with E-state index in [0.29, 0.717) is 6.42 Å². The van der Waals surface area contributed by atoms with Crippen molar-refractivity contribution >= 4 is 15.6 Å². The van der Waals surface area contributed by atoms with Crippen LogP contribution in [0.3, 0.4) is 0 Å². The molecule has 6 heteroatoms. The number of sulfone groups is 1. The van der Waals surface area contributed by atoms with Crippen LogP contribution in [-0.4, -0.2) is 25.2 Å². The third-order valence-corrected chi connectivity index (χ3v) is 5.65. The summed E-state index contributed by atoms with van der Waals surface area (Å²) in [6, 6.07) is 2.64. The summed E-state index contributed by atoms with van der Waals surface area (Å²) in [5, 5.41) is -1.26. The normalized spacial score (nSPS) is 14.8. The first-order valence-corrected chi connectivity index (χ1v) is 8.11. The van der Waals surface area contributed by atoms with E-state index < -0.39 is 32.5 Å². The lowest BCUT2D eigenvalue weighted by Crippen LogP contribution is -2.31. The van der Waals surface area contributed by atoms with Gasteiger partial charge in [-0.15, -0.1) is 0 Å². The van der Waals surface area contributed by atoms with Gasteiger partial charge in [0.2, 0.25) is 0 Å². The van der Waals surface area contributed by atoms with Crippen LogP contribution in [0.1, 0.15) is 37.6 Å². The van der Waals surface area contributed by atoms with Gasteiger partial charge in [0.15, 0.2) is 27.3 Å². The number of Topliss-reactive ketones (excluding diaryl/α,β-unsaturated/α-hetero) is 1. The second-order valence-electron chi connectivity index (χ2n) is 4.98. The SMILES string of the molecule is CCC(C)CS(=O)(=O)C(C)C(=O)c1ccc(F)c(F)c1. The van der Waals surface area contributed by atoms with Crippen LogP contribution in [-0.2, 0) is 9.84 Å². The average molecular weight is 304 g/mol. The number of ketones is 1. The summed E-state index contributed by atoms with van der Waals surface area (Å²) in [6.45, 7) is 4.93. The molecule has 20 heavy (non-hydrogen) atoms. The first-order valence-electron chi connectivity index (χ1n) is 6.39. The molecule has 0 saturated carbocycles. The Balaban J connectivity index is 2.99. The first-order chi connectivity index (χ1) is 9.19. The van der Waals surface area contributed by atoms with Crippen molar-refractivity contribution in [1.29, 1.82) is 0 Å². The Hall–Kier alpha value is -1.30. The number of carbonyl (C=O) groups is 1. The van der Waals surface area contributed by atoms with Crippen LogP contribution >= 0.6 is 0 Å². The number of benzene rings is 1. The van der Waals surface area contributed by atoms with Gasteiger partial charge in [-0.05, 0) is 31.0 Å². The monoisotopic (exact) mass is 304 g/mol. The summed E-state index contributed by atoms with van der Waals surface area (Å²) < 4.78 is 50.1. The maximum absolute atomic E-state index is 13.1. The summed E-state index contributed by atoms with van der Waals surface area (Å²) in [4.78, 5) is 12.1. The lowest BCUT2D eigenvalue weighted by molar-refractivity contribution is 0.0991. The Morgan fingerprint density at radius 1 is 1.20 bits per heavy atom. The molecule has 0 radical (unpaired) electrons. The summed E-state index contributed by atoms with van der Waals surface area (Å²) >= 11 is 0. The standard InChI is InChI=1S/C14H18F2O3S/c1-4-9(2)8-20(18,19)10(3)14(17)11-5-6-12(15)13(16)7-11/h5-7,9-10H,4,8H2,1-3H3. The Bertz CT molecular complexity index is 596. The van der Waals surface area contributed by atoms with Gasteiger partial charge in [0.25, 0.3) is 0 Å². The molecule has 0 aliphatic heterocycles. The molecule has 0 saturated heterocycles. The van der Waals surface area contributed by atoms with E-state index >= 15 is 0 Å². The van der Waals surface area contributed by atoms with Crippen molar-refractivity contribution in [3.8, 4) is 0 Å². The van der Waals surface area contributed by atoms with Gasteiger partial charge < -0.3 is 0 Å². The first kappa shape index (κ1) is 16.8. The Morgan fingerprint density at radius 2 is 1.80 bits per heavy atom. The fraction of sp³-hybridized carbons (Fsp3) is 0.500. The lowest BCUT2D eigenvalue weighted by Gasteiger charge is -2.15. The molecule has 1 rings (SSSR count). The highest BCUT2D eigenvalue weighted by molar-refractivity contribution is 7.92. The van der Waals surface area contributed by atoms with E-state index in [1.54, 1.807) is 6.92 Å². The Labute approximate surface area is 117 Å². The minimum atomic E-state index is -3.61. The second kappa shape index (κ2) is 6.43. The van der Waals surface area contributed by atoms with E-state index in [4.69, 9.17) is 0 Å². The molecule has 1 aromatic carbocycles. The molecular weight excluding hydrogens is 286 g/mol. The van der Waals surface area contributed by atoms with Crippen molar-refractivity contribution in [3.63, 3.8) is 0 Å². The quantitative estimate of drug-likeness (QED) is 0.759. The van der Waals surface area contributed by atoms with Crippen molar-refractivity contribution in [1.82, 2.24) is 0 Å². The molecule has 112 valence electrons. The number of hydrogen-bond acceptors (Lipinski definition) is 3. The van der Waals surface area contributed by atoms with Crippen LogP contribution in [0.15, 0.2) is 18.2 Å². The molecule has 2 atom stereocenters. The van der Waals surface area contributed by atoms with Crippen LogP contribution in [0.5, 0.6) is 0 Å². The Kier molecular flexibility index (Phi) is 5.39. The third-order valence-electron chi connectivity index (χ3n) is 3.33. The van der Waals surface area contributed by atoms with Gasteiger partial charge in [0.1, 0.15) is 5.25 Å². The van der Waals surface area contributed by atoms with E-state index in [0.717, 1.165) is 18.2 Å². The third kappa shape index (κ3) is 3.85. The number of rotatable bonds is 6. The van der Waals surface area contributed by atoms with Gasteiger partial charge >= 0.3 is 0 Å². The summed E-state index contributed by atoms with van der Waals surface area (Å²) in [5.74, 6) is -3.11. The van der Waals surface area contributed by atoms with E-state index in [-0.39, 0.29) is 17.2 Å². The van der Waals surface area contributed by atoms with Gasteiger partial charge in [-0.2, -0.15) is 0 Å². The molecule has 3 nitrogen and oxygen atoms in total. The fourth-order valence-electron chi connectivity index (χ4n) is 1.71. The van der Waals surface area contributed by atoms with Crippen LogP contribution in [0.4, 0.5) is 8.78 Å². The smallest absolute Gasteiger partial charge is 0.180 e. The zero-order chi connectivity index (χ0) is 15.5. The van der Waals surface area contributed by atoms with Crippen LogP contribution in [0.25, 0.3) is 0 Å². The second-order valence-corrected chi connectivity index (χ2v) is 7.34. The maximum atomic E-state index is 13.1. The maximum Gasteiger partial charge on any atom is 0.180 e. The zero-order valence-corrected chi connectivity index (χ0v) is 12.5. The minimum Gasteiger partial charge on any atom is -0.293 e. The summed E-state index contributed by atoms with van der Waals surface area (Å²) in [5.41, 5.74) is -0.135. The average Bonchev–Trinajstić information content (AvgIpc) is 2.39. The number of carbonyl (C=O) groups excluding carboxylic acids is 1. The molecule has 0 heterocycles. The van der Waals surface area contributed by atoms with Crippen LogP contribution in [0.2, 0.25) is 0 Å². The van der Waals surface area contributed by atoms with Crippen molar-refractivity contribution in [2.75, 3.05) is 5.75 Å². The fourth-order valence-corrected chi connectivity index (χ4v) is 3.49. The highest BCUT2D eigenvalue weighted by atomic mass is 32.2. The van der Waals surface area contributed by atoms with Crippen molar-refractivity contribution in [3.05, 3.63) is 35.4 Å². The van der Waals surface area contributed by atoms with E-state index in [1.807, 2.05) is 6.92 Å². The van der Waals surface area contributed by atoms with E-state index in [2.05, 4.69) is 0 Å². The molecule has 0 aliphatic carbocycles. The molecule has 2 unspecified atom stereocenters. The van der Waals surface area contributed by atoms with Gasteiger partial charge in [0, 0.05) is 5.56 Å². The number of halogens is 2. The molecule has 0 aromatic heterocycles. The molecule has 0 spiro atoms. The topological polar surface area (TPSA) is 51.2 Å². The van der Waals surface area contributed by atoms with Crippen molar-refractivity contribution < 1.29 is 22.0 Å². The molecule has 0 aliphatic rings. The minimum absolute atomic E-state index is 0.0554. The highest BCUT2D eigenvalue weighted by Crippen LogP contribution is 2.17. The molecule has 0 amide bonds. The van der Waals surface area contributed by atoms with Crippen molar-refractivity contribution in [2.24, 2.45) is 5.92 Å². The van der Waals surface area contributed by atoms with E-state index in [9.17, 15) is 22.0 Å². The highest BCUT2D eigenvalue weighted by Gasteiger charge is 2.30. The molecule has 0 bridgehead atoms. The van der Waals surface area contributed by atoms with Gasteiger partial charge in [-0.1, -0.05) is 20.3 Å². The molecule has 0 fully saturated rings. The summed E-state index contributed by atoms with van der Waals surface area (Å²) in [6.07, 6.45) is 0.686. The lowest BCUT2D eigenvalue weighted by atomic mass is 10.1. The molecule has 1 aromatic rings.